The second-order valence-electron chi connectivity index (χ2n) is 3.92. The van der Waals surface area contributed by atoms with Crippen LogP contribution in [-0.4, -0.2) is 16.5 Å². The lowest BCUT2D eigenvalue weighted by molar-refractivity contribution is 0.616. The van der Waals surface area contributed by atoms with E-state index in [0.29, 0.717) is 0 Å². The molecule has 4 heteroatoms. The molecule has 1 N–H and O–H groups in total. The number of nitrogens with zero attached hydrogens (tertiary/aromatic N) is 2. The first kappa shape index (κ1) is 13.7. The summed E-state index contributed by atoms with van der Waals surface area (Å²) in [6.07, 6.45) is 11.6. The van der Waals surface area contributed by atoms with E-state index in [2.05, 4.69) is 44.8 Å². The van der Waals surface area contributed by atoms with Crippen molar-refractivity contribution in [3.63, 3.8) is 0 Å². The SMILES string of the molecule is CCCCCCCCNc1ncc(I)cn1. The molecule has 0 fully saturated rings. The van der Waals surface area contributed by atoms with Crippen LogP contribution in [0.25, 0.3) is 0 Å². The van der Waals surface area contributed by atoms with Gasteiger partial charge >= 0.3 is 0 Å². The van der Waals surface area contributed by atoms with Crippen LogP contribution in [0.1, 0.15) is 45.4 Å². The van der Waals surface area contributed by atoms with E-state index < -0.39 is 0 Å². The minimum absolute atomic E-state index is 0.744. The molecule has 0 spiro atoms. The first-order valence-electron chi connectivity index (χ1n) is 6.04. The normalized spacial score (nSPS) is 10.4. The number of nitrogens with one attached hydrogen (secondary N) is 1. The van der Waals surface area contributed by atoms with Crippen LogP contribution in [0.15, 0.2) is 12.4 Å². The van der Waals surface area contributed by atoms with Gasteiger partial charge in [-0.3, -0.25) is 0 Å². The third-order valence-electron chi connectivity index (χ3n) is 2.43. The third-order valence-corrected chi connectivity index (χ3v) is 2.99. The van der Waals surface area contributed by atoms with Crippen LogP contribution < -0.4 is 5.32 Å². The summed E-state index contributed by atoms with van der Waals surface area (Å²) in [6.45, 7) is 3.22. The highest BCUT2D eigenvalue weighted by Crippen LogP contribution is 2.06. The van der Waals surface area contributed by atoms with Crippen LogP contribution in [-0.2, 0) is 0 Å². The zero-order valence-corrected chi connectivity index (χ0v) is 12.0. The molecule has 1 rings (SSSR count). The summed E-state index contributed by atoms with van der Waals surface area (Å²) in [5.74, 6) is 0.744. The van der Waals surface area contributed by atoms with Crippen LogP contribution in [0, 0.1) is 3.57 Å². The maximum Gasteiger partial charge on any atom is 0.222 e. The zero-order valence-electron chi connectivity index (χ0n) is 9.88. The molecule has 0 atom stereocenters. The molecule has 90 valence electrons. The molecule has 0 saturated heterocycles. The summed E-state index contributed by atoms with van der Waals surface area (Å²) in [6, 6.07) is 0. The molecule has 0 aromatic carbocycles. The highest BCUT2D eigenvalue weighted by molar-refractivity contribution is 14.1. The lowest BCUT2D eigenvalue weighted by atomic mass is 10.1. The van der Waals surface area contributed by atoms with E-state index in [9.17, 15) is 0 Å². The van der Waals surface area contributed by atoms with E-state index in [0.717, 1.165) is 16.1 Å². The van der Waals surface area contributed by atoms with E-state index in [1.807, 2.05) is 12.4 Å². The Labute approximate surface area is 112 Å². The molecule has 1 heterocycles. The topological polar surface area (TPSA) is 37.8 Å². The number of unbranched alkanes of at least 4 members (excludes halogenated alkanes) is 5. The maximum atomic E-state index is 4.20. The molecule has 0 amide bonds. The zero-order chi connectivity index (χ0) is 11.6. The predicted octanol–water partition coefficient (Wildman–Crippen LogP) is 3.85. The average Bonchev–Trinajstić information content (AvgIpc) is 2.30. The molecule has 1 aromatic rings. The van der Waals surface area contributed by atoms with Crippen molar-refractivity contribution in [3.8, 4) is 0 Å². The van der Waals surface area contributed by atoms with E-state index in [1.54, 1.807) is 0 Å². The van der Waals surface area contributed by atoms with Crippen LogP contribution in [0.4, 0.5) is 5.95 Å². The molecule has 0 unspecified atom stereocenters. The second-order valence-corrected chi connectivity index (χ2v) is 5.17. The number of aromatic nitrogens is 2. The van der Waals surface area contributed by atoms with Gasteiger partial charge in [0.15, 0.2) is 0 Å². The Hall–Kier alpha value is -0.390. The van der Waals surface area contributed by atoms with Crippen molar-refractivity contribution in [3.05, 3.63) is 16.0 Å². The highest BCUT2D eigenvalue weighted by atomic mass is 127. The van der Waals surface area contributed by atoms with Gasteiger partial charge in [0.25, 0.3) is 0 Å². The van der Waals surface area contributed by atoms with Gasteiger partial charge in [-0.2, -0.15) is 0 Å². The number of anilines is 1. The van der Waals surface area contributed by atoms with Crippen LogP contribution in [0.3, 0.4) is 0 Å². The summed E-state index contributed by atoms with van der Waals surface area (Å²) >= 11 is 2.21. The van der Waals surface area contributed by atoms with Crippen molar-refractivity contribution in [1.82, 2.24) is 9.97 Å². The Kier molecular flexibility index (Phi) is 7.46. The minimum atomic E-state index is 0.744. The Balaban J connectivity index is 2.01. The average molecular weight is 333 g/mol. The van der Waals surface area contributed by atoms with E-state index in [1.165, 1.54) is 38.5 Å². The number of halogens is 1. The van der Waals surface area contributed by atoms with Gasteiger partial charge in [-0.25, -0.2) is 9.97 Å². The molecule has 3 nitrogen and oxygen atoms in total. The largest absolute Gasteiger partial charge is 0.354 e. The smallest absolute Gasteiger partial charge is 0.222 e. The van der Waals surface area contributed by atoms with Crippen LogP contribution in [0.2, 0.25) is 0 Å². The second kappa shape index (κ2) is 8.73. The standard InChI is InChI=1S/C12H20IN3/c1-2-3-4-5-6-7-8-14-12-15-9-11(13)10-16-12/h9-10H,2-8H2,1H3,(H,14,15,16). The van der Waals surface area contributed by atoms with Crippen LogP contribution in [0.5, 0.6) is 0 Å². The first-order valence-corrected chi connectivity index (χ1v) is 7.12. The molecule has 0 bridgehead atoms. The molecule has 1 aromatic heterocycles. The van der Waals surface area contributed by atoms with Gasteiger partial charge < -0.3 is 5.32 Å². The molecule has 0 saturated carbocycles. The lowest BCUT2D eigenvalue weighted by Crippen LogP contribution is -2.05. The quantitative estimate of drug-likeness (QED) is 0.580. The molecule has 16 heavy (non-hydrogen) atoms. The van der Waals surface area contributed by atoms with Gasteiger partial charge in [-0.05, 0) is 29.0 Å². The number of hydrogen-bond donors (Lipinski definition) is 1. The van der Waals surface area contributed by atoms with Crippen molar-refractivity contribution < 1.29 is 0 Å². The van der Waals surface area contributed by atoms with Gasteiger partial charge in [-0.1, -0.05) is 39.0 Å². The summed E-state index contributed by atoms with van der Waals surface area (Å²) in [7, 11) is 0. The monoisotopic (exact) mass is 333 g/mol. The third kappa shape index (κ3) is 6.25. The molecule has 0 radical (unpaired) electrons. The Morgan fingerprint density at radius 2 is 1.69 bits per heavy atom. The van der Waals surface area contributed by atoms with Gasteiger partial charge in [-0.15, -0.1) is 0 Å². The van der Waals surface area contributed by atoms with Crippen molar-refractivity contribution in [2.24, 2.45) is 0 Å². The van der Waals surface area contributed by atoms with E-state index in [-0.39, 0.29) is 0 Å². The summed E-state index contributed by atoms with van der Waals surface area (Å²) in [5.41, 5.74) is 0. The van der Waals surface area contributed by atoms with Crippen molar-refractivity contribution >= 4 is 28.5 Å². The first-order chi connectivity index (χ1) is 7.83. The summed E-state index contributed by atoms with van der Waals surface area (Å²) in [5, 5.41) is 3.24. The Morgan fingerprint density at radius 3 is 2.38 bits per heavy atom. The predicted molar refractivity (Wildman–Crippen MR) is 76.6 cm³/mol. The molecular weight excluding hydrogens is 313 g/mol. The molecule has 0 aliphatic rings. The number of rotatable bonds is 8. The molecule has 0 aliphatic heterocycles. The Morgan fingerprint density at radius 1 is 1.06 bits per heavy atom. The summed E-state index contributed by atoms with van der Waals surface area (Å²) in [4.78, 5) is 8.39. The van der Waals surface area contributed by atoms with Crippen molar-refractivity contribution in [2.75, 3.05) is 11.9 Å². The maximum absolute atomic E-state index is 4.20. The van der Waals surface area contributed by atoms with Gasteiger partial charge in [0.05, 0.1) is 0 Å². The summed E-state index contributed by atoms with van der Waals surface area (Å²) < 4.78 is 1.07. The van der Waals surface area contributed by atoms with Gasteiger partial charge in [0.2, 0.25) is 5.95 Å². The van der Waals surface area contributed by atoms with Gasteiger partial charge in [0.1, 0.15) is 0 Å². The highest BCUT2D eigenvalue weighted by Gasteiger charge is 1.94. The molecule has 0 aliphatic carbocycles. The Bertz CT molecular complexity index is 274. The van der Waals surface area contributed by atoms with Crippen molar-refractivity contribution in [1.29, 1.82) is 0 Å². The van der Waals surface area contributed by atoms with Gasteiger partial charge in [0, 0.05) is 22.5 Å². The minimum Gasteiger partial charge on any atom is -0.354 e. The fraction of sp³-hybridized carbons (Fsp3) is 0.667. The number of hydrogen-bond acceptors (Lipinski definition) is 3. The van der Waals surface area contributed by atoms with E-state index >= 15 is 0 Å². The van der Waals surface area contributed by atoms with E-state index in [4.69, 9.17) is 0 Å². The molecular formula is C12H20IN3. The van der Waals surface area contributed by atoms with Crippen LogP contribution >= 0.6 is 22.6 Å². The van der Waals surface area contributed by atoms with Crippen molar-refractivity contribution in [2.45, 2.75) is 45.4 Å². The lowest BCUT2D eigenvalue weighted by Gasteiger charge is -2.04. The fourth-order valence-electron chi connectivity index (χ4n) is 1.51. The fourth-order valence-corrected chi connectivity index (χ4v) is 1.79.